The Labute approximate surface area is 461 Å². The number of amides is 2. The van der Waals surface area contributed by atoms with Crippen molar-refractivity contribution in [1.29, 1.82) is 0 Å². The summed E-state index contributed by atoms with van der Waals surface area (Å²) in [6, 6.07) is 0. The number of carbonyl (C=O) groups excluding carboxylic acids is 5. The smallest absolute Gasteiger partial charge is 0.308 e. The highest BCUT2D eigenvalue weighted by Crippen LogP contribution is 2.33. The van der Waals surface area contributed by atoms with E-state index in [0.29, 0.717) is 58.3 Å². The van der Waals surface area contributed by atoms with Crippen molar-refractivity contribution >= 4 is 40.9 Å². The Morgan fingerprint density at radius 1 is 0.676 bits per heavy atom. The van der Waals surface area contributed by atoms with Gasteiger partial charge in [-0.3, -0.25) is 19.2 Å². The molecule has 1 aromatic heterocycles. The number of nitrogens with zero attached hydrogens (tertiary/aromatic N) is 2. The summed E-state index contributed by atoms with van der Waals surface area (Å²) in [5.41, 5.74) is 1.93. The van der Waals surface area contributed by atoms with Gasteiger partial charge in [0.05, 0.1) is 24.6 Å². The molecule has 2 heterocycles. The second-order valence-corrected chi connectivity index (χ2v) is 22.8. The van der Waals surface area contributed by atoms with Crippen LogP contribution in [0.3, 0.4) is 0 Å². The van der Waals surface area contributed by atoms with Gasteiger partial charge in [0, 0.05) is 43.5 Å². The molecule has 2 amide bonds. The second kappa shape index (κ2) is 49.5. The zero-order valence-electron chi connectivity index (χ0n) is 49.6. The summed E-state index contributed by atoms with van der Waals surface area (Å²) in [5.74, 6) is 0.397. The number of fused-ring (bicyclic) bond motifs is 1. The molecule has 74 heavy (non-hydrogen) atoms. The van der Waals surface area contributed by atoms with Gasteiger partial charge < -0.3 is 29.4 Å². The minimum absolute atomic E-state index is 0. The van der Waals surface area contributed by atoms with Crippen LogP contribution in [0.25, 0.3) is 0 Å². The van der Waals surface area contributed by atoms with E-state index in [2.05, 4.69) is 44.5 Å². The number of Topliss-reactive ketones (excluding diaryl/α,β-unsaturated/α-hetero) is 1. The summed E-state index contributed by atoms with van der Waals surface area (Å²) >= 11 is 1.64. The minimum atomic E-state index is -0.103. The summed E-state index contributed by atoms with van der Waals surface area (Å²) in [4.78, 5) is 68.3. The Morgan fingerprint density at radius 3 is 1.68 bits per heavy atom. The molecule has 0 saturated heterocycles. The number of allylic oxidation sites excluding steroid dienone is 1. The highest BCUT2D eigenvalue weighted by atomic mass is 32.1. The fraction of sp³-hybridized carbons (Fsp3) is 0.825. The predicted molar refractivity (Wildman–Crippen MR) is 316 cm³/mol. The van der Waals surface area contributed by atoms with E-state index in [1.165, 1.54) is 116 Å². The van der Waals surface area contributed by atoms with Gasteiger partial charge in [-0.2, -0.15) is 0 Å². The molecule has 10 nitrogen and oxygen atoms in total. The van der Waals surface area contributed by atoms with Crippen molar-refractivity contribution in [3.63, 3.8) is 0 Å². The van der Waals surface area contributed by atoms with Crippen LogP contribution in [0.4, 0.5) is 0 Å². The van der Waals surface area contributed by atoms with Crippen LogP contribution < -0.4 is 5.32 Å². The number of thiophene rings is 1. The summed E-state index contributed by atoms with van der Waals surface area (Å²) in [7, 11) is 4.07. The Hall–Kier alpha value is -3.05. The van der Waals surface area contributed by atoms with Crippen molar-refractivity contribution < 1.29 is 34.9 Å². The molecular weight excluding hydrogens is 943 g/mol. The fourth-order valence-electron chi connectivity index (χ4n) is 9.56. The number of nitrogens with one attached hydrogen (secondary N) is 1. The number of ketones is 1. The summed E-state index contributed by atoms with van der Waals surface area (Å²) in [6.07, 6.45) is 40.4. The number of carbonyl (C=O) groups is 5. The zero-order valence-corrected chi connectivity index (χ0v) is 50.4. The molecule has 0 radical (unpaired) electrons. The highest BCUT2D eigenvalue weighted by molar-refractivity contribution is 7.12. The van der Waals surface area contributed by atoms with Gasteiger partial charge in [-0.15, -0.1) is 17.9 Å². The fourth-order valence-corrected chi connectivity index (χ4v) is 10.8. The lowest BCUT2D eigenvalue weighted by molar-refractivity contribution is -0.150. The summed E-state index contributed by atoms with van der Waals surface area (Å²) in [5, 5.41) is 3.08. The number of rotatable bonds is 44. The summed E-state index contributed by atoms with van der Waals surface area (Å²) < 4.78 is 11.5. The molecule has 0 aromatic carbocycles. The number of esters is 2. The first-order chi connectivity index (χ1) is 35.8. The third-order valence-electron chi connectivity index (χ3n) is 14.0. The van der Waals surface area contributed by atoms with Gasteiger partial charge in [-0.1, -0.05) is 162 Å². The van der Waals surface area contributed by atoms with Crippen LogP contribution in [0.2, 0.25) is 0 Å². The van der Waals surface area contributed by atoms with Crippen LogP contribution in [0.15, 0.2) is 12.7 Å². The molecule has 0 aliphatic carbocycles. The van der Waals surface area contributed by atoms with Crippen LogP contribution in [0, 0.1) is 12.8 Å². The Morgan fingerprint density at radius 2 is 1.15 bits per heavy atom. The lowest BCUT2D eigenvalue weighted by Gasteiger charge is -2.27. The standard InChI is InChI=1S/C37H65N3O4S.C23H44O3.C3H6.H2/c1-6-8-10-12-14-16-21-31(22-17-15-13-11-9-7-2)44-35(42)24-19-18-23-34(41)40-28-25-32-33(29-40)45-30(3)36(32)37(43)38-26-20-27-39(4)5;1-4-6-8-10-11-15-19-22(18-14-9-7-5-2)23(25)26-20-16-12-13-17-21(3)24;1-3-2;/h31H,6-29H2,1-5H3,(H,38,43);22H,4-20H2,1-3H3;3H,1H2,2H3;1H. The lowest BCUT2D eigenvalue weighted by Crippen LogP contribution is -2.36. The van der Waals surface area contributed by atoms with Gasteiger partial charge in [-0.25, -0.2) is 0 Å². The molecule has 2 rings (SSSR count). The van der Waals surface area contributed by atoms with Gasteiger partial charge in [0.2, 0.25) is 5.91 Å². The van der Waals surface area contributed by atoms with E-state index in [1.54, 1.807) is 24.3 Å². The van der Waals surface area contributed by atoms with E-state index in [9.17, 15) is 24.0 Å². The third-order valence-corrected chi connectivity index (χ3v) is 15.2. The number of ether oxygens (including phenoxy) is 2. The minimum Gasteiger partial charge on any atom is -0.465 e. The average Bonchev–Trinajstić information content (AvgIpc) is 3.71. The van der Waals surface area contributed by atoms with Crippen LogP contribution in [-0.2, 0) is 41.6 Å². The van der Waals surface area contributed by atoms with Crippen molar-refractivity contribution in [2.45, 2.75) is 292 Å². The van der Waals surface area contributed by atoms with Gasteiger partial charge in [0.1, 0.15) is 11.9 Å². The second-order valence-electron chi connectivity index (χ2n) is 21.5. The van der Waals surface area contributed by atoms with Crippen LogP contribution >= 0.6 is 11.3 Å². The molecule has 0 saturated carbocycles. The normalized spacial score (nSPS) is 12.3. The maximum atomic E-state index is 13.0. The maximum Gasteiger partial charge on any atom is 0.308 e. The first kappa shape index (κ1) is 71.0. The quantitative estimate of drug-likeness (QED) is 0.0389. The van der Waals surface area contributed by atoms with Crippen molar-refractivity contribution in [1.82, 2.24) is 15.1 Å². The SMILES string of the molecule is C=CC.CCCCCCCCC(CCCCCC)C(=O)OCCCCCC(C)=O.CCCCCCCCC(CCCCCCCC)OC(=O)CCCCC(=O)N1CCc2c(sc(C)c2C(=O)NCCCN(C)C)C1.[HH]. The van der Waals surface area contributed by atoms with Gasteiger partial charge in [0.25, 0.3) is 5.91 Å². The Kier molecular flexibility index (Phi) is 47.5. The molecule has 11 heteroatoms. The number of aryl methyl sites for hydroxylation is 1. The van der Waals surface area contributed by atoms with Crippen molar-refractivity contribution in [2.24, 2.45) is 5.92 Å². The van der Waals surface area contributed by atoms with E-state index < -0.39 is 0 Å². The van der Waals surface area contributed by atoms with Crippen molar-refractivity contribution in [3.05, 3.63) is 33.5 Å². The average molecular weight is 1060 g/mol. The molecule has 1 aliphatic heterocycles. The molecule has 0 spiro atoms. The largest absolute Gasteiger partial charge is 0.465 e. The van der Waals surface area contributed by atoms with E-state index in [0.717, 1.165) is 111 Å². The monoisotopic (exact) mass is 1060 g/mol. The summed E-state index contributed by atoms with van der Waals surface area (Å²) in [6.45, 7) is 21.2. The predicted octanol–water partition coefficient (Wildman–Crippen LogP) is 17.1. The van der Waals surface area contributed by atoms with E-state index in [-0.39, 0.29) is 43.0 Å². The highest BCUT2D eigenvalue weighted by Gasteiger charge is 2.28. The zero-order chi connectivity index (χ0) is 55.0. The number of hydrogen-bond donors (Lipinski definition) is 1. The molecular formula is C63H117N3O7S. The van der Waals surface area contributed by atoms with Crippen LogP contribution in [0.1, 0.15) is 293 Å². The van der Waals surface area contributed by atoms with Crippen LogP contribution in [-0.4, -0.2) is 85.8 Å². The van der Waals surface area contributed by atoms with Crippen LogP contribution in [0.5, 0.6) is 0 Å². The van der Waals surface area contributed by atoms with Crippen molar-refractivity contribution in [3.8, 4) is 0 Å². The molecule has 1 unspecified atom stereocenters. The number of hydrogen-bond acceptors (Lipinski definition) is 9. The first-order valence-electron chi connectivity index (χ1n) is 30.5. The van der Waals surface area contributed by atoms with E-state index in [4.69, 9.17) is 9.47 Å². The third kappa shape index (κ3) is 38.5. The molecule has 1 aliphatic rings. The molecule has 1 aromatic rings. The van der Waals surface area contributed by atoms with E-state index in [1.807, 2.05) is 32.8 Å². The molecule has 1 N–H and O–H groups in total. The van der Waals surface area contributed by atoms with Crippen molar-refractivity contribution in [2.75, 3.05) is 40.3 Å². The maximum absolute atomic E-state index is 13.0. The lowest BCUT2D eigenvalue weighted by atomic mass is 9.94. The molecule has 0 fully saturated rings. The van der Waals surface area contributed by atoms with Gasteiger partial charge in [-0.05, 0) is 130 Å². The van der Waals surface area contributed by atoms with Gasteiger partial charge in [0.15, 0.2) is 0 Å². The number of unbranched alkanes of at least 4 members (excludes halogenated alkanes) is 21. The Bertz CT molecular complexity index is 1570. The molecule has 1 atom stereocenters. The molecule has 432 valence electrons. The molecule has 0 bridgehead atoms. The Balaban J connectivity index is 0. The first-order valence-corrected chi connectivity index (χ1v) is 31.4. The van der Waals surface area contributed by atoms with E-state index >= 15 is 0 Å². The van der Waals surface area contributed by atoms with Gasteiger partial charge >= 0.3 is 11.9 Å². The topological polar surface area (TPSA) is 122 Å².